The van der Waals surface area contributed by atoms with Crippen molar-refractivity contribution in [3.05, 3.63) is 71.3 Å². The summed E-state index contributed by atoms with van der Waals surface area (Å²) >= 11 is 0. The summed E-state index contributed by atoms with van der Waals surface area (Å²) in [6.07, 6.45) is 1.69. The largest absolute Gasteiger partial charge is 0.334 e. The first-order valence-corrected chi connectivity index (χ1v) is 7.26. The Morgan fingerprint density at radius 3 is 2.10 bits per heavy atom. The summed E-state index contributed by atoms with van der Waals surface area (Å²) in [6.45, 7) is 0.0431. The molecule has 0 aliphatic heterocycles. The van der Waals surface area contributed by atoms with Crippen LogP contribution in [0.25, 0.3) is 0 Å². The van der Waals surface area contributed by atoms with Crippen molar-refractivity contribution in [3.63, 3.8) is 0 Å². The summed E-state index contributed by atoms with van der Waals surface area (Å²) in [7, 11) is 1.87. The second-order valence-corrected chi connectivity index (χ2v) is 5.68. The van der Waals surface area contributed by atoms with Gasteiger partial charge < -0.3 is 10.6 Å². The molecule has 0 fully saturated rings. The van der Waals surface area contributed by atoms with Crippen LogP contribution in [0.5, 0.6) is 0 Å². The van der Waals surface area contributed by atoms with Crippen LogP contribution in [0.1, 0.15) is 16.7 Å². The summed E-state index contributed by atoms with van der Waals surface area (Å²) in [5.41, 5.74) is 9.08. The molecule has 3 heteroatoms. The van der Waals surface area contributed by atoms with E-state index in [0.717, 1.165) is 12.8 Å². The van der Waals surface area contributed by atoms with Crippen molar-refractivity contribution in [1.29, 1.82) is 0 Å². The summed E-state index contributed by atoms with van der Waals surface area (Å²) in [5, 5.41) is 0. The van der Waals surface area contributed by atoms with Crippen molar-refractivity contribution in [2.24, 2.45) is 5.73 Å². The Kier molecular flexibility index (Phi) is 3.52. The number of benzene rings is 2. The van der Waals surface area contributed by atoms with Gasteiger partial charge in [0.05, 0.1) is 12.1 Å². The molecule has 0 unspecified atom stereocenters. The van der Waals surface area contributed by atoms with E-state index >= 15 is 0 Å². The highest BCUT2D eigenvalue weighted by Crippen LogP contribution is 2.41. The fraction of sp³-hybridized carbons (Fsp3) is 0.278. The topological polar surface area (TPSA) is 46.3 Å². The van der Waals surface area contributed by atoms with Crippen LogP contribution >= 0.6 is 0 Å². The minimum Gasteiger partial charge on any atom is -0.334 e. The monoisotopic (exact) mass is 280 g/mol. The quantitative estimate of drug-likeness (QED) is 0.936. The lowest BCUT2D eigenvalue weighted by atomic mass is 9.85. The van der Waals surface area contributed by atoms with E-state index in [9.17, 15) is 4.79 Å². The Morgan fingerprint density at radius 1 is 1.05 bits per heavy atom. The molecule has 0 atom stereocenters. The third kappa shape index (κ3) is 2.24. The number of rotatable bonds is 3. The fourth-order valence-corrected chi connectivity index (χ4v) is 3.35. The van der Waals surface area contributed by atoms with E-state index in [-0.39, 0.29) is 18.0 Å². The van der Waals surface area contributed by atoms with E-state index in [1.807, 2.05) is 30.1 Å². The van der Waals surface area contributed by atoms with E-state index in [1.54, 1.807) is 0 Å². The van der Waals surface area contributed by atoms with Gasteiger partial charge >= 0.3 is 0 Å². The molecule has 1 aliphatic carbocycles. The van der Waals surface area contributed by atoms with Gasteiger partial charge in [-0.1, -0.05) is 54.6 Å². The Morgan fingerprint density at radius 2 is 1.57 bits per heavy atom. The van der Waals surface area contributed by atoms with Gasteiger partial charge in [-0.3, -0.25) is 4.79 Å². The third-order valence-electron chi connectivity index (χ3n) is 4.59. The number of nitrogens with two attached hydrogens (primary N) is 1. The molecule has 0 spiro atoms. The molecule has 2 aromatic carbocycles. The number of hydrogen-bond acceptors (Lipinski definition) is 2. The predicted octanol–water partition coefficient (Wildman–Crippen LogP) is 2.10. The van der Waals surface area contributed by atoms with Crippen LogP contribution < -0.4 is 5.73 Å². The minimum absolute atomic E-state index is 0.0216. The number of amides is 1. The maximum atomic E-state index is 12.2. The van der Waals surface area contributed by atoms with Crippen molar-refractivity contribution in [3.8, 4) is 0 Å². The highest BCUT2D eigenvalue weighted by atomic mass is 16.2. The van der Waals surface area contributed by atoms with Gasteiger partial charge in [0.15, 0.2) is 0 Å². The number of likely N-dealkylation sites (N-methyl/N-ethyl adjacent to an activating group) is 1. The molecule has 2 aromatic rings. The van der Waals surface area contributed by atoms with Crippen molar-refractivity contribution < 1.29 is 4.79 Å². The van der Waals surface area contributed by atoms with Crippen LogP contribution in [0, 0.1) is 0 Å². The number of fused-ring (bicyclic) bond motifs is 1. The van der Waals surface area contributed by atoms with Gasteiger partial charge in [-0.25, -0.2) is 0 Å². The van der Waals surface area contributed by atoms with E-state index in [2.05, 4.69) is 36.4 Å². The zero-order valence-corrected chi connectivity index (χ0v) is 12.3. The van der Waals surface area contributed by atoms with E-state index in [4.69, 9.17) is 5.73 Å². The Bertz CT molecular complexity index is 626. The molecule has 1 amide bonds. The first-order valence-electron chi connectivity index (χ1n) is 7.26. The predicted molar refractivity (Wildman–Crippen MR) is 83.8 cm³/mol. The molecule has 3 rings (SSSR count). The van der Waals surface area contributed by atoms with Crippen molar-refractivity contribution in [2.75, 3.05) is 13.6 Å². The molecular weight excluding hydrogens is 260 g/mol. The summed E-state index contributed by atoms with van der Waals surface area (Å²) in [5.74, 6) is -0.0216. The lowest BCUT2D eigenvalue weighted by molar-refractivity contribution is -0.134. The van der Waals surface area contributed by atoms with Gasteiger partial charge in [-0.2, -0.15) is 0 Å². The third-order valence-corrected chi connectivity index (χ3v) is 4.59. The maximum Gasteiger partial charge on any atom is 0.236 e. The second kappa shape index (κ2) is 5.34. The molecule has 0 bridgehead atoms. The molecule has 1 aliphatic rings. The molecule has 108 valence electrons. The first-order chi connectivity index (χ1) is 10.2. The first kappa shape index (κ1) is 13.8. The normalized spacial score (nSPS) is 15.5. The van der Waals surface area contributed by atoms with Crippen molar-refractivity contribution >= 4 is 5.91 Å². The number of carbonyl (C=O) groups excluding carboxylic acids is 1. The van der Waals surface area contributed by atoms with Crippen LogP contribution in [0.15, 0.2) is 54.6 Å². The number of nitrogens with zero attached hydrogens (tertiary/aromatic N) is 1. The summed E-state index contributed by atoms with van der Waals surface area (Å²) in [6, 6.07) is 18.7. The molecule has 0 radical (unpaired) electrons. The Hall–Kier alpha value is -2.13. The van der Waals surface area contributed by atoms with Gasteiger partial charge in [0.1, 0.15) is 0 Å². The average Bonchev–Trinajstić information content (AvgIpc) is 2.95. The van der Waals surface area contributed by atoms with E-state index in [1.165, 1.54) is 16.7 Å². The van der Waals surface area contributed by atoms with Crippen LogP contribution in [0.2, 0.25) is 0 Å². The molecule has 3 nitrogen and oxygen atoms in total. The van der Waals surface area contributed by atoms with Gasteiger partial charge in [0, 0.05) is 19.9 Å². The van der Waals surface area contributed by atoms with Gasteiger partial charge in [-0.15, -0.1) is 0 Å². The highest BCUT2D eigenvalue weighted by Gasteiger charge is 2.43. The van der Waals surface area contributed by atoms with Crippen molar-refractivity contribution in [1.82, 2.24) is 4.90 Å². The van der Waals surface area contributed by atoms with Gasteiger partial charge in [0.25, 0.3) is 0 Å². The zero-order valence-electron chi connectivity index (χ0n) is 12.3. The maximum absolute atomic E-state index is 12.2. The molecule has 21 heavy (non-hydrogen) atoms. The van der Waals surface area contributed by atoms with Gasteiger partial charge in [0.2, 0.25) is 5.91 Å². The van der Waals surface area contributed by atoms with E-state index < -0.39 is 0 Å². The molecule has 0 saturated carbocycles. The average molecular weight is 280 g/mol. The lowest BCUT2D eigenvalue weighted by Crippen LogP contribution is -2.50. The highest BCUT2D eigenvalue weighted by molar-refractivity contribution is 5.79. The fourth-order valence-electron chi connectivity index (χ4n) is 3.35. The molecule has 0 aromatic heterocycles. The molecule has 0 saturated heterocycles. The number of carbonyl (C=O) groups is 1. The SMILES string of the molecule is CN(C(=O)CN)C1(c2ccccc2)Cc2ccccc2C1. The molecule has 2 N–H and O–H groups in total. The van der Waals surface area contributed by atoms with Crippen LogP contribution in [-0.2, 0) is 23.2 Å². The Balaban J connectivity index is 2.08. The van der Waals surface area contributed by atoms with Gasteiger partial charge in [-0.05, 0) is 16.7 Å². The lowest BCUT2D eigenvalue weighted by Gasteiger charge is -2.39. The summed E-state index contributed by atoms with van der Waals surface area (Å²) < 4.78 is 0. The van der Waals surface area contributed by atoms with Crippen LogP contribution in [-0.4, -0.2) is 24.4 Å². The van der Waals surface area contributed by atoms with E-state index in [0.29, 0.717) is 0 Å². The second-order valence-electron chi connectivity index (χ2n) is 5.68. The number of hydrogen-bond donors (Lipinski definition) is 1. The smallest absolute Gasteiger partial charge is 0.236 e. The van der Waals surface area contributed by atoms with Crippen molar-refractivity contribution in [2.45, 2.75) is 18.4 Å². The van der Waals surface area contributed by atoms with Crippen LogP contribution in [0.3, 0.4) is 0 Å². The standard InChI is InChI=1S/C18H20N2O/c1-20(17(21)13-19)18(16-9-3-2-4-10-16)11-14-7-5-6-8-15(14)12-18/h2-10H,11-13,19H2,1H3. The summed E-state index contributed by atoms with van der Waals surface area (Å²) in [4.78, 5) is 14.1. The molecule has 0 heterocycles. The van der Waals surface area contributed by atoms with Crippen LogP contribution in [0.4, 0.5) is 0 Å². The minimum atomic E-state index is -0.318. The molecular formula is C18H20N2O. The zero-order chi connectivity index (χ0) is 14.9. The Labute approximate surface area is 125 Å².